The maximum atomic E-state index is 11.8. The standard InChI is InChI=1S/C14H21NO2/c1-4-14(5-2,13(16)17-3)15-11-12-9-7-6-8-10-12/h6-10,15H,4-5,11H2,1-3H3. The summed E-state index contributed by atoms with van der Waals surface area (Å²) in [5.41, 5.74) is 0.604. The molecular weight excluding hydrogens is 214 g/mol. The van der Waals surface area contributed by atoms with E-state index in [1.807, 2.05) is 44.2 Å². The van der Waals surface area contributed by atoms with E-state index in [1.54, 1.807) is 0 Å². The van der Waals surface area contributed by atoms with Crippen LogP contribution in [0.1, 0.15) is 32.3 Å². The molecule has 0 amide bonds. The van der Waals surface area contributed by atoms with E-state index in [1.165, 1.54) is 12.7 Å². The van der Waals surface area contributed by atoms with Gasteiger partial charge in [0.2, 0.25) is 0 Å². The van der Waals surface area contributed by atoms with Crippen molar-refractivity contribution in [3.05, 3.63) is 35.9 Å². The Bertz CT molecular complexity index is 344. The zero-order valence-corrected chi connectivity index (χ0v) is 10.8. The minimum absolute atomic E-state index is 0.182. The largest absolute Gasteiger partial charge is 0.468 e. The molecule has 0 fully saturated rings. The van der Waals surface area contributed by atoms with Crippen LogP contribution in [0.15, 0.2) is 30.3 Å². The van der Waals surface area contributed by atoms with Crippen LogP contribution >= 0.6 is 0 Å². The Kier molecular flexibility index (Phi) is 5.16. The number of carbonyl (C=O) groups excluding carboxylic acids is 1. The van der Waals surface area contributed by atoms with E-state index in [0.29, 0.717) is 6.54 Å². The summed E-state index contributed by atoms with van der Waals surface area (Å²) in [7, 11) is 1.44. The van der Waals surface area contributed by atoms with Gasteiger partial charge in [-0.05, 0) is 18.4 Å². The zero-order chi connectivity index (χ0) is 12.7. The van der Waals surface area contributed by atoms with E-state index in [-0.39, 0.29) is 5.97 Å². The Labute approximate surface area is 103 Å². The third kappa shape index (κ3) is 3.30. The molecule has 0 aliphatic carbocycles. The molecule has 0 heterocycles. The minimum atomic E-state index is -0.565. The molecule has 0 aliphatic rings. The summed E-state index contributed by atoms with van der Waals surface area (Å²) in [5.74, 6) is -0.182. The highest BCUT2D eigenvalue weighted by molar-refractivity contribution is 5.80. The lowest BCUT2D eigenvalue weighted by atomic mass is 9.92. The molecule has 1 rings (SSSR count). The topological polar surface area (TPSA) is 38.3 Å². The molecule has 0 saturated carbocycles. The fraction of sp³-hybridized carbons (Fsp3) is 0.500. The van der Waals surface area contributed by atoms with Gasteiger partial charge >= 0.3 is 5.97 Å². The number of hydrogen-bond donors (Lipinski definition) is 1. The van der Waals surface area contributed by atoms with Gasteiger partial charge in [0, 0.05) is 6.54 Å². The van der Waals surface area contributed by atoms with Crippen LogP contribution in [0.3, 0.4) is 0 Å². The Morgan fingerprint density at radius 2 is 1.82 bits per heavy atom. The lowest BCUT2D eigenvalue weighted by Crippen LogP contribution is -2.51. The highest BCUT2D eigenvalue weighted by Crippen LogP contribution is 2.18. The van der Waals surface area contributed by atoms with Gasteiger partial charge in [-0.2, -0.15) is 0 Å². The average Bonchev–Trinajstić information content (AvgIpc) is 2.41. The van der Waals surface area contributed by atoms with Gasteiger partial charge in [-0.3, -0.25) is 10.1 Å². The van der Waals surface area contributed by atoms with Crippen molar-refractivity contribution in [2.75, 3.05) is 7.11 Å². The molecule has 0 unspecified atom stereocenters. The van der Waals surface area contributed by atoms with Crippen LogP contribution in [0.2, 0.25) is 0 Å². The second kappa shape index (κ2) is 6.40. The highest BCUT2D eigenvalue weighted by atomic mass is 16.5. The van der Waals surface area contributed by atoms with Crippen LogP contribution in [0, 0.1) is 0 Å². The average molecular weight is 235 g/mol. The molecule has 0 atom stereocenters. The first-order valence-electron chi connectivity index (χ1n) is 6.06. The zero-order valence-electron chi connectivity index (χ0n) is 10.8. The first kappa shape index (κ1) is 13.7. The van der Waals surface area contributed by atoms with Crippen molar-refractivity contribution in [1.29, 1.82) is 0 Å². The second-order valence-electron chi connectivity index (χ2n) is 4.12. The number of ether oxygens (including phenoxy) is 1. The van der Waals surface area contributed by atoms with Crippen LogP contribution in [0.4, 0.5) is 0 Å². The second-order valence-corrected chi connectivity index (χ2v) is 4.12. The van der Waals surface area contributed by atoms with Gasteiger partial charge in [0.05, 0.1) is 7.11 Å². The highest BCUT2D eigenvalue weighted by Gasteiger charge is 2.35. The monoisotopic (exact) mass is 235 g/mol. The van der Waals surface area contributed by atoms with Crippen molar-refractivity contribution in [1.82, 2.24) is 5.32 Å². The molecule has 0 radical (unpaired) electrons. The molecule has 1 aromatic carbocycles. The van der Waals surface area contributed by atoms with E-state index in [2.05, 4.69) is 5.32 Å². The summed E-state index contributed by atoms with van der Waals surface area (Å²) in [5, 5.41) is 3.33. The number of esters is 1. The summed E-state index contributed by atoms with van der Waals surface area (Å²) < 4.78 is 4.88. The molecule has 0 spiro atoms. The van der Waals surface area contributed by atoms with Gasteiger partial charge in [0.1, 0.15) is 5.54 Å². The first-order chi connectivity index (χ1) is 8.18. The van der Waals surface area contributed by atoms with Crippen molar-refractivity contribution in [3.8, 4) is 0 Å². The number of benzene rings is 1. The van der Waals surface area contributed by atoms with Crippen LogP contribution in [0.5, 0.6) is 0 Å². The van der Waals surface area contributed by atoms with Crippen molar-refractivity contribution in [2.45, 2.75) is 38.8 Å². The molecule has 0 bridgehead atoms. The molecule has 1 aromatic rings. The van der Waals surface area contributed by atoms with Crippen molar-refractivity contribution in [2.24, 2.45) is 0 Å². The van der Waals surface area contributed by atoms with Crippen LogP contribution in [0.25, 0.3) is 0 Å². The van der Waals surface area contributed by atoms with E-state index < -0.39 is 5.54 Å². The summed E-state index contributed by atoms with van der Waals surface area (Å²) in [6.45, 7) is 4.68. The predicted molar refractivity (Wildman–Crippen MR) is 68.6 cm³/mol. The van der Waals surface area contributed by atoms with Gasteiger partial charge in [-0.25, -0.2) is 0 Å². The number of nitrogens with one attached hydrogen (secondary N) is 1. The Morgan fingerprint density at radius 3 is 2.29 bits per heavy atom. The SMILES string of the molecule is CCC(CC)(NCc1ccccc1)C(=O)OC. The third-order valence-corrected chi connectivity index (χ3v) is 3.26. The van der Waals surface area contributed by atoms with Crippen LogP contribution < -0.4 is 5.32 Å². The normalized spacial score (nSPS) is 11.2. The molecule has 1 N–H and O–H groups in total. The fourth-order valence-corrected chi connectivity index (χ4v) is 1.92. The molecule has 17 heavy (non-hydrogen) atoms. The van der Waals surface area contributed by atoms with E-state index in [0.717, 1.165) is 12.8 Å². The van der Waals surface area contributed by atoms with E-state index in [9.17, 15) is 4.79 Å². The van der Waals surface area contributed by atoms with Gasteiger partial charge in [0.25, 0.3) is 0 Å². The van der Waals surface area contributed by atoms with Crippen LogP contribution in [-0.2, 0) is 16.1 Å². The smallest absolute Gasteiger partial charge is 0.326 e. The molecule has 94 valence electrons. The van der Waals surface area contributed by atoms with Crippen LogP contribution in [-0.4, -0.2) is 18.6 Å². The third-order valence-electron chi connectivity index (χ3n) is 3.26. The Hall–Kier alpha value is -1.35. The minimum Gasteiger partial charge on any atom is -0.468 e. The van der Waals surface area contributed by atoms with Crippen molar-refractivity contribution in [3.63, 3.8) is 0 Å². The quantitative estimate of drug-likeness (QED) is 0.770. The molecule has 3 nitrogen and oxygen atoms in total. The summed E-state index contributed by atoms with van der Waals surface area (Å²) in [6, 6.07) is 10.1. The summed E-state index contributed by atoms with van der Waals surface area (Å²) >= 11 is 0. The lowest BCUT2D eigenvalue weighted by Gasteiger charge is -2.29. The fourth-order valence-electron chi connectivity index (χ4n) is 1.92. The van der Waals surface area contributed by atoms with E-state index in [4.69, 9.17) is 4.74 Å². The molecule has 0 aromatic heterocycles. The first-order valence-corrected chi connectivity index (χ1v) is 6.06. The maximum absolute atomic E-state index is 11.8. The van der Waals surface area contributed by atoms with Gasteiger partial charge in [0.15, 0.2) is 0 Å². The Morgan fingerprint density at radius 1 is 1.24 bits per heavy atom. The predicted octanol–water partition coefficient (Wildman–Crippen LogP) is 2.51. The molecular formula is C14H21NO2. The van der Waals surface area contributed by atoms with Crippen molar-refractivity contribution >= 4 is 5.97 Å². The number of carbonyl (C=O) groups is 1. The Balaban J connectivity index is 2.71. The number of methoxy groups -OCH3 is 1. The molecule has 3 heteroatoms. The number of rotatable bonds is 6. The van der Waals surface area contributed by atoms with Gasteiger partial charge < -0.3 is 4.74 Å². The molecule has 0 saturated heterocycles. The summed E-state index contributed by atoms with van der Waals surface area (Å²) in [6.07, 6.45) is 1.45. The number of hydrogen-bond acceptors (Lipinski definition) is 3. The molecule has 0 aliphatic heterocycles. The van der Waals surface area contributed by atoms with Gasteiger partial charge in [-0.15, -0.1) is 0 Å². The lowest BCUT2D eigenvalue weighted by molar-refractivity contribution is -0.149. The van der Waals surface area contributed by atoms with E-state index >= 15 is 0 Å². The van der Waals surface area contributed by atoms with Gasteiger partial charge in [-0.1, -0.05) is 44.2 Å². The van der Waals surface area contributed by atoms with Crippen molar-refractivity contribution < 1.29 is 9.53 Å². The maximum Gasteiger partial charge on any atom is 0.326 e. The summed E-state index contributed by atoms with van der Waals surface area (Å²) in [4.78, 5) is 11.8.